The van der Waals surface area contributed by atoms with Crippen LogP contribution in [0.2, 0.25) is 0 Å². The van der Waals surface area contributed by atoms with Gasteiger partial charge in [0.2, 0.25) is 10.0 Å². The fourth-order valence-corrected chi connectivity index (χ4v) is 3.72. The van der Waals surface area contributed by atoms with Gasteiger partial charge in [0.15, 0.2) is 0 Å². The number of hydrogen-bond donors (Lipinski definition) is 2. The van der Waals surface area contributed by atoms with Crippen molar-refractivity contribution in [1.29, 1.82) is 0 Å². The molecule has 0 aromatic heterocycles. The van der Waals surface area contributed by atoms with E-state index in [0.717, 1.165) is 24.0 Å². The van der Waals surface area contributed by atoms with E-state index < -0.39 is 10.0 Å². The van der Waals surface area contributed by atoms with E-state index in [4.69, 9.17) is 5.73 Å². The van der Waals surface area contributed by atoms with E-state index in [1.54, 1.807) is 18.2 Å². The number of nitrogens with two attached hydrogens (primary N) is 1. The Labute approximate surface area is 120 Å². The third-order valence-corrected chi connectivity index (χ3v) is 5.05. The second-order valence-corrected chi connectivity index (χ2v) is 7.09. The van der Waals surface area contributed by atoms with Crippen LogP contribution in [0.5, 0.6) is 0 Å². The molecule has 108 valence electrons. The molecule has 0 radical (unpaired) electrons. The molecule has 1 aromatic rings. The van der Waals surface area contributed by atoms with Crippen molar-refractivity contribution in [2.24, 2.45) is 11.7 Å². The van der Waals surface area contributed by atoms with E-state index >= 15 is 0 Å². The summed E-state index contributed by atoms with van der Waals surface area (Å²) in [4.78, 5) is 0.299. The third-order valence-electron chi connectivity index (χ3n) is 3.53. The highest BCUT2D eigenvalue weighted by molar-refractivity contribution is 7.89. The molecular weight excluding hydrogens is 272 g/mol. The van der Waals surface area contributed by atoms with Crippen molar-refractivity contribution in [1.82, 2.24) is 4.72 Å². The van der Waals surface area contributed by atoms with Crippen LogP contribution >= 0.6 is 0 Å². The minimum absolute atomic E-state index is 0.0759. The maximum Gasteiger partial charge on any atom is 0.240 e. The highest BCUT2D eigenvalue weighted by Gasteiger charge is 2.29. The van der Waals surface area contributed by atoms with Crippen LogP contribution in [-0.4, -0.2) is 21.0 Å². The van der Waals surface area contributed by atoms with Crippen LogP contribution in [-0.2, 0) is 10.0 Å². The Hall–Kier alpha value is -1.35. The van der Waals surface area contributed by atoms with Gasteiger partial charge in [0.25, 0.3) is 0 Å². The maximum absolute atomic E-state index is 12.3. The van der Waals surface area contributed by atoms with Crippen LogP contribution in [0.3, 0.4) is 0 Å². The summed E-state index contributed by atoms with van der Waals surface area (Å²) in [7, 11) is -3.43. The largest absolute Gasteiger partial charge is 0.320 e. The molecular formula is C15H20N2O2S. The van der Waals surface area contributed by atoms with Crippen LogP contribution < -0.4 is 10.5 Å². The second-order valence-electron chi connectivity index (χ2n) is 5.38. The predicted octanol–water partition coefficient (Wildman–Crippen LogP) is 1.38. The standard InChI is InChI=1S/C15H20N2O2S/c1-11-8-14(9-11)17-20(18,19)15-6-5-13(4-3-7-16)12(2)10-15/h5-6,10-11,14,17H,7-9,16H2,1-2H3. The van der Waals surface area contributed by atoms with Gasteiger partial charge in [-0.25, -0.2) is 13.1 Å². The number of benzene rings is 1. The van der Waals surface area contributed by atoms with E-state index in [1.807, 2.05) is 6.92 Å². The van der Waals surface area contributed by atoms with E-state index in [9.17, 15) is 8.42 Å². The van der Waals surface area contributed by atoms with Crippen molar-refractivity contribution in [2.75, 3.05) is 6.54 Å². The molecule has 0 bridgehead atoms. The Bertz CT molecular complexity index is 650. The zero-order chi connectivity index (χ0) is 14.8. The van der Waals surface area contributed by atoms with Gasteiger partial charge >= 0.3 is 0 Å². The first-order chi connectivity index (χ1) is 9.42. The fourth-order valence-electron chi connectivity index (χ4n) is 2.38. The molecule has 0 spiro atoms. The maximum atomic E-state index is 12.3. The summed E-state index contributed by atoms with van der Waals surface area (Å²) in [5.41, 5.74) is 6.99. The highest BCUT2D eigenvalue weighted by Crippen LogP contribution is 2.28. The third kappa shape index (κ3) is 3.40. The summed E-state index contributed by atoms with van der Waals surface area (Å²) in [6.45, 7) is 4.27. The second kappa shape index (κ2) is 5.96. The summed E-state index contributed by atoms with van der Waals surface area (Å²) in [5.74, 6) is 6.31. The van der Waals surface area contributed by atoms with Crippen molar-refractivity contribution in [3.8, 4) is 11.8 Å². The first-order valence-electron chi connectivity index (χ1n) is 6.74. The van der Waals surface area contributed by atoms with Gasteiger partial charge in [0.05, 0.1) is 11.4 Å². The fraction of sp³-hybridized carbons (Fsp3) is 0.467. The summed E-state index contributed by atoms with van der Waals surface area (Å²) in [6.07, 6.45) is 1.83. The SMILES string of the molecule is Cc1cc(S(=O)(=O)NC2CC(C)C2)ccc1C#CCN. The normalized spacial score (nSPS) is 21.8. The van der Waals surface area contributed by atoms with E-state index in [1.165, 1.54) is 0 Å². The zero-order valence-electron chi connectivity index (χ0n) is 11.8. The number of nitrogens with one attached hydrogen (secondary N) is 1. The molecule has 2 rings (SSSR count). The molecule has 20 heavy (non-hydrogen) atoms. The van der Waals surface area contributed by atoms with Crippen LogP contribution in [0.4, 0.5) is 0 Å². The molecule has 5 heteroatoms. The Kier molecular flexibility index (Phi) is 4.48. The lowest BCUT2D eigenvalue weighted by atomic mass is 9.83. The molecule has 1 saturated carbocycles. The van der Waals surface area contributed by atoms with Gasteiger partial charge in [0.1, 0.15) is 0 Å². The molecule has 0 unspecified atom stereocenters. The average Bonchev–Trinajstić information content (AvgIpc) is 2.35. The van der Waals surface area contributed by atoms with Crippen molar-refractivity contribution in [3.05, 3.63) is 29.3 Å². The Morgan fingerprint density at radius 2 is 2.10 bits per heavy atom. The molecule has 1 aliphatic rings. The highest BCUT2D eigenvalue weighted by atomic mass is 32.2. The van der Waals surface area contributed by atoms with Crippen LogP contribution in [0, 0.1) is 24.7 Å². The van der Waals surface area contributed by atoms with Gasteiger partial charge in [-0.05, 0) is 49.4 Å². The van der Waals surface area contributed by atoms with Crippen molar-refractivity contribution in [2.45, 2.75) is 37.6 Å². The molecule has 0 amide bonds. The molecule has 1 aliphatic carbocycles. The van der Waals surface area contributed by atoms with Crippen molar-refractivity contribution < 1.29 is 8.42 Å². The Morgan fingerprint density at radius 3 is 2.65 bits per heavy atom. The van der Waals surface area contributed by atoms with Crippen molar-refractivity contribution in [3.63, 3.8) is 0 Å². The molecule has 0 atom stereocenters. The molecule has 1 fully saturated rings. The minimum atomic E-state index is -3.43. The topological polar surface area (TPSA) is 72.2 Å². The quantitative estimate of drug-likeness (QED) is 0.827. The molecule has 0 heterocycles. The molecule has 1 aromatic carbocycles. The lowest BCUT2D eigenvalue weighted by Gasteiger charge is -2.32. The first-order valence-corrected chi connectivity index (χ1v) is 8.22. The summed E-state index contributed by atoms with van der Waals surface area (Å²) < 4.78 is 27.3. The van der Waals surface area contributed by atoms with Gasteiger partial charge in [-0.15, -0.1) is 0 Å². The summed E-state index contributed by atoms with van der Waals surface area (Å²) in [5, 5.41) is 0. The lowest BCUT2D eigenvalue weighted by Crippen LogP contribution is -2.43. The molecule has 0 aliphatic heterocycles. The summed E-state index contributed by atoms with van der Waals surface area (Å²) in [6, 6.07) is 5.06. The Balaban J connectivity index is 2.18. The number of hydrogen-bond acceptors (Lipinski definition) is 3. The van der Waals surface area contributed by atoms with Gasteiger partial charge in [-0.3, -0.25) is 0 Å². The zero-order valence-corrected chi connectivity index (χ0v) is 12.6. The smallest absolute Gasteiger partial charge is 0.240 e. The first kappa shape index (κ1) is 15.0. The van der Waals surface area contributed by atoms with E-state index in [-0.39, 0.29) is 6.04 Å². The molecule has 0 saturated heterocycles. The minimum Gasteiger partial charge on any atom is -0.320 e. The Morgan fingerprint density at radius 1 is 1.40 bits per heavy atom. The van der Waals surface area contributed by atoms with Gasteiger partial charge in [-0.1, -0.05) is 18.8 Å². The van der Waals surface area contributed by atoms with Gasteiger partial charge < -0.3 is 5.73 Å². The average molecular weight is 292 g/mol. The molecule has 4 nitrogen and oxygen atoms in total. The predicted molar refractivity (Wildman–Crippen MR) is 79.6 cm³/mol. The van der Waals surface area contributed by atoms with Gasteiger partial charge in [0, 0.05) is 11.6 Å². The van der Waals surface area contributed by atoms with Crippen LogP contribution in [0.25, 0.3) is 0 Å². The lowest BCUT2D eigenvalue weighted by molar-refractivity contribution is 0.270. The van der Waals surface area contributed by atoms with Crippen LogP contribution in [0.15, 0.2) is 23.1 Å². The van der Waals surface area contributed by atoms with E-state index in [2.05, 4.69) is 23.5 Å². The number of sulfonamides is 1. The molecule has 3 N–H and O–H groups in total. The van der Waals surface area contributed by atoms with E-state index in [0.29, 0.717) is 17.4 Å². The monoisotopic (exact) mass is 292 g/mol. The van der Waals surface area contributed by atoms with Crippen molar-refractivity contribution >= 4 is 10.0 Å². The van der Waals surface area contributed by atoms with Gasteiger partial charge in [-0.2, -0.15) is 0 Å². The number of rotatable bonds is 3. The number of aryl methyl sites for hydroxylation is 1. The van der Waals surface area contributed by atoms with Crippen LogP contribution in [0.1, 0.15) is 30.9 Å². The summed E-state index contributed by atoms with van der Waals surface area (Å²) >= 11 is 0.